The normalized spacial score (nSPS) is 22.6. The molecule has 1 fully saturated rings. The van der Waals surface area contributed by atoms with E-state index in [9.17, 15) is 4.79 Å². The van der Waals surface area contributed by atoms with Crippen LogP contribution in [-0.2, 0) is 9.47 Å². The maximum Gasteiger partial charge on any atom is 0.340 e. The van der Waals surface area contributed by atoms with E-state index in [2.05, 4.69) is 16.8 Å². The highest BCUT2D eigenvalue weighted by molar-refractivity contribution is 5.95. The summed E-state index contributed by atoms with van der Waals surface area (Å²) in [7, 11) is 0. The summed E-state index contributed by atoms with van der Waals surface area (Å²) in [6.45, 7) is 7.54. The molecule has 0 aromatic carbocycles. The standard InChI is InChI=1S/C14H21N3O3/c1-4-19-14(18)11-5-13(16-6-12(11)15)17-7-10(3)20-8-9(17)2/h5-6,9-10H,4,7-8,15H2,1-3H3. The largest absolute Gasteiger partial charge is 0.462 e. The topological polar surface area (TPSA) is 77.7 Å². The summed E-state index contributed by atoms with van der Waals surface area (Å²) in [4.78, 5) is 18.3. The molecular weight excluding hydrogens is 258 g/mol. The zero-order valence-corrected chi connectivity index (χ0v) is 12.1. The molecule has 1 saturated heterocycles. The third kappa shape index (κ3) is 3.01. The molecule has 0 radical (unpaired) electrons. The minimum Gasteiger partial charge on any atom is -0.462 e. The molecule has 6 nitrogen and oxygen atoms in total. The van der Waals surface area contributed by atoms with Gasteiger partial charge in [0.1, 0.15) is 5.82 Å². The molecule has 2 atom stereocenters. The monoisotopic (exact) mass is 279 g/mol. The minimum absolute atomic E-state index is 0.136. The van der Waals surface area contributed by atoms with Crippen molar-refractivity contribution in [2.45, 2.75) is 32.9 Å². The number of anilines is 2. The van der Waals surface area contributed by atoms with E-state index in [-0.39, 0.29) is 12.1 Å². The van der Waals surface area contributed by atoms with E-state index in [1.807, 2.05) is 6.92 Å². The van der Waals surface area contributed by atoms with Crippen molar-refractivity contribution in [1.82, 2.24) is 4.98 Å². The highest BCUT2D eigenvalue weighted by Gasteiger charge is 2.25. The average molecular weight is 279 g/mol. The van der Waals surface area contributed by atoms with Gasteiger partial charge in [-0.2, -0.15) is 0 Å². The van der Waals surface area contributed by atoms with Gasteiger partial charge in [-0.15, -0.1) is 0 Å². The van der Waals surface area contributed by atoms with E-state index in [1.54, 1.807) is 13.0 Å². The van der Waals surface area contributed by atoms with Crippen molar-refractivity contribution < 1.29 is 14.3 Å². The van der Waals surface area contributed by atoms with Gasteiger partial charge in [0, 0.05) is 6.54 Å². The third-order valence-corrected chi connectivity index (χ3v) is 3.32. The summed E-state index contributed by atoms with van der Waals surface area (Å²) in [6, 6.07) is 1.90. The lowest BCUT2D eigenvalue weighted by molar-refractivity contribution is 0.0340. The lowest BCUT2D eigenvalue weighted by Gasteiger charge is -2.37. The molecule has 0 saturated carbocycles. The smallest absolute Gasteiger partial charge is 0.340 e. The molecule has 1 aromatic rings. The number of hydrogen-bond acceptors (Lipinski definition) is 6. The van der Waals surface area contributed by atoms with Gasteiger partial charge in [-0.1, -0.05) is 0 Å². The van der Waals surface area contributed by atoms with Crippen molar-refractivity contribution in [3.8, 4) is 0 Å². The van der Waals surface area contributed by atoms with Gasteiger partial charge in [0.25, 0.3) is 0 Å². The second-order valence-electron chi connectivity index (χ2n) is 5.00. The molecule has 110 valence electrons. The second kappa shape index (κ2) is 6.09. The Morgan fingerprint density at radius 2 is 2.35 bits per heavy atom. The van der Waals surface area contributed by atoms with Gasteiger partial charge in [-0.25, -0.2) is 9.78 Å². The lowest BCUT2D eigenvalue weighted by Crippen LogP contribution is -2.47. The van der Waals surface area contributed by atoms with E-state index in [4.69, 9.17) is 15.2 Å². The molecule has 1 aromatic heterocycles. The van der Waals surface area contributed by atoms with Crippen molar-refractivity contribution >= 4 is 17.5 Å². The highest BCUT2D eigenvalue weighted by atomic mass is 16.5. The van der Waals surface area contributed by atoms with Crippen LogP contribution in [0.4, 0.5) is 11.5 Å². The molecule has 2 N–H and O–H groups in total. The van der Waals surface area contributed by atoms with Crippen molar-refractivity contribution in [3.05, 3.63) is 17.8 Å². The summed E-state index contributed by atoms with van der Waals surface area (Å²) in [5, 5.41) is 0. The van der Waals surface area contributed by atoms with Gasteiger partial charge in [0.2, 0.25) is 0 Å². The molecule has 0 amide bonds. The Labute approximate surface area is 118 Å². The van der Waals surface area contributed by atoms with Gasteiger partial charge in [0.05, 0.1) is 42.8 Å². The highest BCUT2D eigenvalue weighted by Crippen LogP contribution is 2.23. The predicted octanol–water partition coefficient (Wildman–Crippen LogP) is 1.45. The number of pyridine rings is 1. The van der Waals surface area contributed by atoms with Crippen molar-refractivity contribution in [2.75, 3.05) is 30.4 Å². The Bertz CT molecular complexity index is 493. The maximum absolute atomic E-state index is 11.9. The van der Waals surface area contributed by atoms with Crippen LogP contribution in [0.2, 0.25) is 0 Å². The number of rotatable bonds is 3. The average Bonchev–Trinajstić information content (AvgIpc) is 2.42. The van der Waals surface area contributed by atoms with Crippen LogP contribution in [0.15, 0.2) is 12.3 Å². The first-order valence-electron chi connectivity index (χ1n) is 6.83. The molecule has 1 aliphatic rings. The number of carbonyl (C=O) groups is 1. The van der Waals surface area contributed by atoms with Crippen LogP contribution < -0.4 is 10.6 Å². The number of morpholine rings is 1. The molecule has 6 heteroatoms. The Kier molecular flexibility index (Phi) is 4.44. The van der Waals surface area contributed by atoms with Crippen molar-refractivity contribution in [1.29, 1.82) is 0 Å². The fourth-order valence-electron chi connectivity index (χ4n) is 2.22. The molecule has 0 bridgehead atoms. The number of esters is 1. The number of hydrogen-bond donors (Lipinski definition) is 1. The zero-order valence-electron chi connectivity index (χ0n) is 12.1. The van der Waals surface area contributed by atoms with Gasteiger partial charge < -0.3 is 20.1 Å². The molecule has 2 heterocycles. The summed E-state index contributed by atoms with van der Waals surface area (Å²) < 4.78 is 10.6. The number of ether oxygens (including phenoxy) is 2. The number of aromatic nitrogens is 1. The van der Waals surface area contributed by atoms with E-state index < -0.39 is 5.97 Å². The SMILES string of the molecule is CCOC(=O)c1cc(N2CC(C)OCC2C)ncc1N. The van der Waals surface area contributed by atoms with Gasteiger partial charge in [-0.05, 0) is 26.8 Å². The van der Waals surface area contributed by atoms with Crippen LogP contribution in [0.3, 0.4) is 0 Å². The van der Waals surface area contributed by atoms with Crippen LogP contribution in [0.1, 0.15) is 31.1 Å². The molecular formula is C14H21N3O3. The van der Waals surface area contributed by atoms with Crippen LogP contribution in [-0.4, -0.2) is 42.9 Å². The molecule has 1 aliphatic heterocycles. The van der Waals surface area contributed by atoms with Crippen LogP contribution >= 0.6 is 0 Å². The predicted molar refractivity (Wildman–Crippen MR) is 76.8 cm³/mol. The van der Waals surface area contributed by atoms with Gasteiger partial charge in [0.15, 0.2) is 0 Å². The van der Waals surface area contributed by atoms with Gasteiger partial charge >= 0.3 is 5.97 Å². The number of nitrogens with zero attached hydrogens (tertiary/aromatic N) is 2. The van der Waals surface area contributed by atoms with Crippen molar-refractivity contribution in [3.63, 3.8) is 0 Å². The summed E-state index contributed by atoms with van der Waals surface area (Å²) in [5.74, 6) is 0.313. The zero-order chi connectivity index (χ0) is 14.7. The number of nitrogen functional groups attached to an aromatic ring is 1. The summed E-state index contributed by atoms with van der Waals surface area (Å²) >= 11 is 0. The first-order chi connectivity index (χ1) is 9.52. The third-order valence-electron chi connectivity index (χ3n) is 3.32. The number of nitrogens with two attached hydrogens (primary N) is 1. The fraction of sp³-hybridized carbons (Fsp3) is 0.571. The Morgan fingerprint density at radius 1 is 1.60 bits per heavy atom. The Balaban J connectivity index is 2.28. The lowest BCUT2D eigenvalue weighted by atomic mass is 10.1. The maximum atomic E-state index is 11.9. The molecule has 2 unspecified atom stereocenters. The first-order valence-corrected chi connectivity index (χ1v) is 6.83. The van der Waals surface area contributed by atoms with E-state index in [1.165, 1.54) is 6.20 Å². The Hall–Kier alpha value is -1.82. The van der Waals surface area contributed by atoms with Crippen LogP contribution in [0, 0.1) is 0 Å². The first kappa shape index (κ1) is 14.6. The minimum atomic E-state index is -0.414. The van der Waals surface area contributed by atoms with E-state index >= 15 is 0 Å². The van der Waals surface area contributed by atoms with Crippen LogP contribution in [0.25, 0.3) is 0 Å². The van der Waals surface area contributed by atoms with E-state index in [0.717, 1.165) is 12.4 Å². The summed E-state index contributed by atoms with van der Waals surface area (Å²) in [6.07, 6.45) is 1.64. The Morgan fingerprint density at radius 3 is 3.05 bits per heavy atom. The van der Waals surface area contributed by atoms with Crippen molar-refractivity contribution in [2.24, 2.45) is 0 Å². The second-order valence-corrected chi connectivity index (χ2v) is 5.00. The molecule has 2 rings (SSSR count). The molecule has 0 spiro atoms. The fourth-order valence-corrected chi connectivity index (χ4v) is 2.22. The van der Waals surface area contributed by atoms with Crippen LogP contribution in [0.5, 0.6) is 0 Å². The van der Waals surface area contributed by atoms with Gasteiger partial charge in [-0.3, -0.25) is 0 Å². The molecule has 20 heavy (non-hydrogen) atoms. The molecule has 0 aliphatic carbocycles. The number of carbonyl (C=O) groups excluding carboxylic acids is 1. The summed E-state index contributed by atoms with van der Waals surface area (Å²) in [5.41, 5.74) is 6.50. The van der Waals surface area contributed by atoms with E-state index in [0.29, 0.717) is 24.5 Å². The quantitative estimate of drug-likeness (QED) is 0.844.